The lowest BCUT2D eigenvalue weighted by molar-refractivity contribution is -0.118. The van der Waals surface area contributed by atoms with Crippen molar-refractivity contribution in [1.82, 2.24) is 5.32 Å². The van der Waals surface area contributed by atoms with Gasteiger partial charge in [0.05, 0.1) is 12.9 Å². The van der Waals surface area contributed by atoms with Crippen LogP contribution in [-0.2, 0) is 11.3 Å². The van der Waals surface area contributed by atoms with Crippen molar-refractivity contribution in [2.75, 3.05) is 12.9 Å². The highest BCUT2D eigenvalue weighted by Crippen LogP contribution is 2.28. The van der Waals surface area contributed by atoms with E-state index < -0.39 is 0 Å². The van der Waals surface area contributed by atoms with E-state index in [9.17, 15) is 4.79 Å². The van der Waals surface area contributed by atoms with Gasteiger partial charge in [0.15, 0.2) is 0 Å². The van der Waals surface area contributed by atoms with Crippen LogP contribution < -0.4 is 10.1 Å². The minimum Gasteiger partial charge on any atom is -0.497 e. The number of benzene rings is 2. The van der Waals surface area contributed by atoms with Gasteiger partial charge in [-0.05, 0) is 54.8 Å². The Morgan fingerprint density at radius 3 is 2.52 bits per heavy atom. The fourth-order valence-corrected chi connectivity index (χ4v) is 3.44. The van der Waals surface area contributed by atoms with Gasteiger partial charge in [0, 0.05) is 15.9 Å². The first-order valence-corrected chi connectivity index (χ1v) is 9.06. The number of carbonyl (C=O) groups excluding carboxylic acids is 1. The maximum absolute atomic E-state index is 12.0. The molecule has 0 aliphatic heterocycles. The molecule has 0 saturated heterocycles. The summed E-state index contributed by atoms with van der Waals surface area (Å²) in [5.74, 6) is 1.26. The van der Waals surface area contributed by atoms with E-state index in [0.29, 0.717) is 12.3 Å². The molecule has 0 bridgehead atoms. The molecule has 2 aromatic carbocycles. The largest absolute Gasteiger partial charge is 0.497 e. The van der Waals surface area contributed by atoms with E-state index in [1.807, 2.05) is 24.3 Å². The molecule has 0 aliphatic rings. The number of methoxy groups -OCH3 is 1. The number of amides is 1. The van der Waals surface area contributed by atoms with Gasteiger partial charge in [-0.3, -0.25) is 4.79 Å². The lowest BCUT2D eigenvalue weighted by Gasteiger charge is -2.09. The molecule has 0 aliphatic carbocycles. The van der Waals surface area contributed by atoms with Crippen LogP contribution in [0.5, 0.6) is 5.75 Å². The predicted molar refractivity (Wildman–Crippen MR) is 99.2 cm³/mol. The molecule has 5 heteroatoms. The molecule has 2 rings (SSSR count). The van der Waals surface area contributed by atoms with E-state index >= 15 is 0 Å². The number of aryl methyl sites for hydroxylation is 2. The van der Waals surface area contributed by atoms with Crippen molar-refractivity contribution in [1.29, 1.82) is 0 Å². The molecule has 0 radical (unpaired) electrons. The summed E-state index contributed by atoms with van der Waals surface area (Å²) in [6, 6.07) is 11.9. The summed E-state index contributed by atoms with van der Waals surface area (Å²) in [4.78, 5) is 13.2. The van der Waals surface area contributed by atoms with Crippen LogP contribution in [0.15, 0.2) is 45.8 Å². The van der Waals surface area contributed by atoms with Crippen LogP contribution in [-0.4, -0.2) is 18.8 Å². The third kappa shape index (κ3) is 5.29. The Bertz CT molecular complexity index is 686. The molecule has 0 spiro atoms. The van der Waals surface area contributed by atoms with Crippen LogP contribution >= 0.6 is 27.7 Å². The van der Waals surface area contributed by atoms with Gasteiger partial charge in [0.1, 0.15) is 5.75 Å². The summed E-state index contributed by atoms with van der Waals surface area (Å²) < 4.78 is 6.22. The minimum atomic E-state index is 0.0331. The van der Waals surface area contributed by atoms with E-state index in [0.717, 1.165) is 20.7 Å². The first-order chi connectivity index (χ1) is 11.0. The SMILES string of the molecule is COc1ccc(CNC(=O)CSc2cc(C)c(Br)cc2C)cc1. The summed E-state index contributed by atoms with van der Waals surface area (Å²) in [6.45, 7) is 4.64. The average Bonchev–Trinajstić information content (AvgIpc) is 2.55. The van der Waals surface area contributed by atoms with E-state index in [2.05, 4.69) is 47.2 Å². The number of nitrogens with one attached hydrogen (secondary N) is 1. The van der Waals surface area contributed by atoms with E-state index in [1.54, 1.807) is 18.9 Å². The molecule has 0 heterocycles. The first kappa shape index (κ1) is 17.9. The van der Waals surface area contributed by atoms with Gasteiger partial charge in [-0.2, -0.15) is 0 Å². The summed E-state index contributed by atoms with van der Waals surface area (Å²) >= 11 is 5.09. The fraction of sp³-hybridized carbons (Fsp3) is 0.278. The Kier molecular flexibility index (Phi) is 6.54. The van der Waals surface area contributed by atoms with Crippen molar-refractivity contribution in [3.05, 3.63) is 57.6 Å². The number of halogens is 1. The second-order valence-corrected chi connectivity index (χ2v) is 7.15. The van der Waals surface area contributed by atoms with Crippen LogP contribution in [0, 0.1) is 13.8 Å². The smallest absolute Gasteiger partial charge is 0.230 e. The van der Waals surface area contributed by atoms with Gasteiger partial charge in [-0.1, -0.05) is 28.1 Å². The molecular formula is C18H20BrNO2S. The monoisotopic (exact) mass is 393 g/mol. The van der Waals surface area contributed by atoms with Crippen molar-refractivity contribution in [3.8, 4) is 5.75 Å². The summed E-state index contributed by atoms with van der Waals surface area (Å²) in [5.41, 5.74) is 3.41. The molecule has 0 fully saturated rings. The number of hydrogen-bond donors (Lipinski definition) is 1. The van der Waals surface area contributed by atoms with E-state index in [1.165, 1.54) is 11.1 Å². The Balaban J connectivity index is 1.84. The summed E-state index contributed by atoms with van der Waals surface area (Å²) in [5, 5.41) is 2.94. The van der Waals surface area contributed by atoms with Crippen molar-refractivity contribution in [2.24, 2.45) is 0 Å². The molecule has 122 valence electrons. The molecular weight excluding hydrogens is 374 g/mol. The topological polar surface area (TPSA) is 38.3 Å². The van der Waals surface area contributed by atoms with Gasteiger partial charge in [0.2, 0.25) is 5.91 Å². The van der Waals surface area contributed by atoms with Gasteiger partial charge >= 0.3 is 0 Å². The summed E-state index contributed by atoms with van der Waals surface area (Å²) in [6.07, 6.45) is 0. The third-order valence-corrected chi connectivity index (χ3v) is 5.48. The number of rotatable bonds is 6. The zero-order valence-corrected chi connectivity index (χ0v) is 15.9. The average molecular weight is 394 g/mol. The molecule has 23 heavy (non-hydrogen) atoms. The second-order valence-electron chi connectivity index (χ2n) is 5.28. The maximum atomic E-state index is 12.0. The molecule has 1 N–H and O–H groups in total. The number of carbonyl (C=O) groups is 1. The molecule has 0 atom stereocenters. The minimum absolute atomic E-state index is 0.0331. The highest BCUT2D eigenvalue weighted by Gasteiger charge is 2.07. The Hall–Kier alpha value is -1.46. The normalized spacial score (nSPS) is 10.4. The number of hydrogen-bond acceptors (Lipinski definition) is 3. The Labute approximate surface area is 149 Å². The Morgan fingerprint density at radius 2 is 1.87 bits per heavy atom. The van der Waals surface area contributed by atoms with Crippen LogP contribution in [0.1, 0.15) is 16.7 Å². The van der Waals surface area contributed by atoms with Crippen LogP contribution in [0.25, 0.3) is 0 Å². The van der Waals surface area contributed by atoms with Crippen molar-refractivity contribution in [3.63, 3.8) is 0 Å². The first-order valence-electron chi connectivity index (χ1n) is 7.29. The van der Waals surface area contributed by atoms with Crippen molar-refractivity contribution >= 4 is 33.6 Å². The van der Waals surface area contributed by atoms with Gasteiger partial charge in [0.25, 0.3) is 0 Å². The quantitative estimate of drug-likeness (QED) is 0.734. The highest BCUT2D eigenvalue weighted by atomic mass is 79.9. The maximum Gasteiger partial charge on any atom is 0.230 e. The van der Waals surface area contributed by atoms with E-state index in [-0.39, 0.29) is 5.91 Å². The zero-order valence-electron chi connectivity index (χ0n) is 13.5. The van der Waals surface area contributed by atoms with Crippen molar-refractivity contribution in [2.45, 2.75) is 25.3 Å². The second kappa shape index (κ2) is 8.41. The zero-order chi connectivity index (χ0) is 16.8. The van der Waals surface area contributed by atoms with Gasteiger partial charge in [-0.15, -0.1) is 11.8 Å². The molecule has 2 aromatic rings. The molecule has 3 nitrogen and oxygen atoms in total. The molecule has 0 saturated carbocycles. The lowest BCUT2D eigenvalue weighted by atomic mass is 10.2. The highest BCUT2D eigenvalue weighted by molar-refractivity contribution is 9.10. The lowest BCUT2D eigenvalue weighted by Crippen LogP contribution is -2.24. The number of ether oxygens (including phenoxy) is 1. The fourth-order valence-electron chi connectivity index (χ4n) is 2.05. The van der Waals surface area contributed by atoms with Gasteiger partial charge < -0.3 is 10.1 Å². The van der Waals surface area contributed by atoms with E-state index in [4.69, 9.17) is 4.74 Å². The van der Waals surface area contributed by atoms with Crippen molar-refractivity contribution < 1.29 is 9.53 Å². The Morgan fingerprint density at radius 1 is 1.17 bits per heavy atom. The molecule has 0 aromatic heterocycles. The number of thioether (sulfide) groups is 1. The van der Waals surface area contributed by atoms with Crippen LogP contribution in [0.4, 0.5) is 0 Å². The third-order valence-electron chi connectivity index (χ3n) is 3.46. The van der Waals surface area contributed by atoms with Crippen LogP contribution in [0.3, 0.4) is 0 Å². The van der Waals surface area contributed by atoms with Crippen LogP contribution in [0.2, 0.25) is 0 Å². The standard InChI is InChI=1S/C18H20BrNO2S/c1-12-9-17(13(2)8-16(12)19)23-11-18(21)20-10-14-4-6-15(22-3)7-5-14/h4-9H,10-11H2,1-3H3,(H,20,21). The molecule has 1 amide bonds. The van der Waals surface area contributed by atoms with Gasteiger partial charge in [-0.25, -0.2) is 0 Å². The summed E-state index contributed by atoms with van der Waals surface area (Å²) in [7, 11) is 1.64. The predicted octanol–water partition coefficient (Wildman–Crippen LogP) is 4.48. The molecule has 0 unspecified atom stereocenters.